The number of carbonyl (C=O) groups is 3. The first-order valence-corrected chi connectivity index (χ1v) is 10.6. The maximum absolute atomic E-state index is 16.1. The van der Waals surface area contributed by atoms with Crippen LogP contribution in [0.4, 0.5) is 57.1 Å². The van der Waals surface area contributed by atoms with Crippen LogP contribution in [0.15, 0.2) is 38.0 Å². The van der Waals surface area contributed by atoms with E-state index in [-0.39, 0.29) is 18.2 Å². The monoisotopic (exact) mass is 624 g/mol. The lowest BCUT2D eigenvalue weighted by molar-refractivity contribution is -0.552. The maximum atomic E-state index is 16.1. The van der Waals surface area contributed by atoms with E-state index < -0.39 is 96.2 Å². The Balaban J connectivity index is 3.30. The Kier molecular flexibility index (Phi) is 7.98. The Hall–Kier alpha value is -3.28. The standard InChI is InChI=1S/C22H17F13O6/c1-4-11(36)39-8-14-18(26,27)15(9-40-12(37)5-2,20(30,31)16(24,7-23)19(14,28)29)22(34,35)17(25,21(14,32)33)10-41-13(38)6-3/h4-6H,1-3,7-10H2. The summed E-state index contributed by atoms with van der Waals surface area (Å²) in [5.41, 5.74) is -26.7. The summed E-state index contributed by atoms with van der Waals surface area (Å²) in [6.07, 6.45) is -0.211. The first-order chi connectivity index (χ1) is 18.4. The molecule has 0 N–H and O–H groups in total. The number of alkyl halides is 13. The van der Waals surface area contributed by atoms with Crippen molar-refractivity contribution in [1.82, 2.24) is 0 Å². The van der Waals surface area contributed by atoms with Crippen LogP contribution in [-0.4, -0.2) is 85.4 Å². The van der Waals surface area contributed by atoms with Gasteiger partial charge in [-0.1, -0.05) is 19.7 Å². The van der Waals surface area contributed by atoms with Crippen LogP contribution in [0.1, 0.15) is 0 Å². The highest BCUT2D eigenvalue weighted by atomic mass is 19.3. The normalized spacial score (nSPS) is 35.3. The third kappa shape index (κ3) is 3.42. The molecule has 2 aliphatic rings. The van der Waals surface area contributed by atoms with Gasteiger partial charge in [0.1, 0.15) is 26.5 Å². The number of rotatable bonds is 10. The van der Waals surface area contributed by atoms with Crippen molar-refractivity contribution < 1.29 is 85.7 Å². The van der Waals surface area contributed by atoms with Gasteiger partial charge < -0.3 is 14.2 Å². The third-order valence-electron chi connectivity index (χ3n) is 7.17. The maximum Gasteiger partial charge on any atom is 0.330 e. The SMILES string of the molecule is C=CC(=O)OCC1(F)C(F)(F)C2(COC(=O)C=C)C(F)(F)C(F)(CF)C(F)(F)C(COC(=O)C=C)(C1(F)F)C2(F)F. The molecule has 0 heterocycles. The van der Waals surface area contributed by atoms with E-state index in [0.717, 1.165) is 0 Å². The molecule has 2 fully saturated rings. The molecule has 0 saturated heterocycles. The van der Waals surface area contributed by atoms with E-state index in [1.807, 2.05) is 0 Å². The van der Waals surface area contributed by atoms with Gasteiger partial charge in [0.25, 0.3) is 17.3 Å². The van der Waals surface area contributed by atoms with Crippen molar-refractivity contribution >= 4 is 17.9 Å². The summed E-state index contributed by atoms with van der Waals surface area (Å²) in [6.45, 7) is -6.17. The van der Waals surface area contributed by atoms with Crippen molar-refractivity contribution in [2.24, 2.45) is 10.8 Å². The fraction of sp³-hybridized carbons (Fsp3) is 0.591. The molecule has 0 aliphatic heterocycles. The summed E-state index contributed by atoms with van der Waals surface area (Å²) in [5, 5.41) is 0. The minimum atomic E-state index is -7.31. The van der Waals surface area contributed by atoms with Crippen molar-refractivity contribution in [1.29, 1.82) is 0 Å². The topological polar surface area (TPSA) is 78.9 Å². The predicted molar refractivity (Wildman–Crippen MR) is 107 cm³/mol. The van der Waals surface area contributed by atoms with Gasteiger partial charge in [-0.2, -0.15) is 0 Å². The first kappa shape index (κ1) is 33.9. The minimum absolute atomic E-state index is 0.0277. The summed E-state index contributed by atoms with van der Waals surface area (Å²) in [5.74, 6) is -42.9. The van der Waals surface area contributed by atoms with Gasteiger partial charge in [-0.25, -0.2) is 71.5 Å². The van der Waals surface area contributed by atoms with Gasteiger partial charge in [0.2, 0.25) is 10.8 Å². The quantitative estimate of drug-likeness (QED) is 0.151. The molecule has 6 nitrogen and oxygen atoms in total. The van der Waals surface area contributed by atoms with E-state index in [4.69, 9.17) is 0 Å². The molecule has 2 saturated carbocycles. The zero-order valence-electron chi connectivity index (χ0n) is 20.0. The highest BCUT2D eigenvalue weighted by Crippen LogP contribution is 2.84. The van der Waals surface area contributed by atoms with Crippen molar-refractivity contribution in [3.05, 3.63) is 38.0 Å². The molecule has 232 valence electrons. The van der Waals surface area contributed by atoms with Crippen molar-refractivity contribution in [2.45, 2.75) is 41.0 Å². The fourth-order valence-corrected chi connectivity index (χ4v) is 4.89. The van der Waals surface area contributed by atoms with Crippen LogP contribution in [0.3, 0.4) is 0 Å². The lowest BCUT2D eigenvalue weighted by Gasteiger charge is -2.70. The van der Waals surface area contributed by atoms with Crippen molar-refractivity contribution in [2.75, 3.05) is 26.5 Å². The highest BCUT2D eigenvalue weighted by molar-refractivity contribution is 5.82. The molecule has 2 rings (SSSR count). The molecule has 2 aliphatic carbocycles. The van der Waals surface area contributed by atoms with E-state index in [1.54, 1.807) is 0 Å². The van der Waals surface area contributed by atoms with Gasteiger partial charge in [0.05, 0.1) is 0 Å². The van der Waals surface area contributed by atoms with Gasteiger partial charge in [-0.05, 0) is 0 Å². The lowest BCUT2D eigenvalue weighted by Crippen LogP contribution is -2.98. The van der Waals surface area contributed by atoms with Gasteiger partial charge >= 0.3 is 41.6 Å². The first-order valence-electron chi connectivity index (χ1n) is 10.6. The van der Waals surface area contributed by atoms with E-state index >= 15 is 52.7 Å². The minimum Gasteiger partial charge on any atom is -0.461 e. The van der Waals surface area contributed by atoms with Crippen LogP contribution in [0, 0.1) is 10.8 Å². The summed E-state index contributed by atoms with van der Waals surface area (Å²) in [4.78, 5) is 34.3. The zero-order chi connectivity index (χ0) is 32.3. The molecule has 0 radical (unpaired) electrons. The molecule has 2 atom stereocenters. The Morgan fingerprint density at radius 3 is 1.02 bits per heavy atom. The van der Waals surface area contributed by atoms with Crippen LogP contribution >= 0.6 is 0 Å². The molecular weight excluding hydrogens is 607 g/mol. The van der Waals surface area contributed by atoms with Gasteiger partial charge in [-0.15, -0.1) is 0 Å². The summed E-state index contributed by atoms with van der Waals surface area (Å²) < 4.78 is 214. The Morgan fingerprint density at radius 2 is 0.756 bits per heavy atom. The smallest absolute Gasteiger partial charge is 0.330 e. The molecule has 2 bridgehead atoms. The van der Waals surface area contributed by atoms with Gasteiger partial charge in [0, 0.05) is 18.2 Å². The number of halogens is 13. The molecule has 41 heavy (non-hydrogen) atoms. The Bertz CT molecular complexity index is 1090. The molecule has 0 aromatic rings. The number of ether oxygens (including phenoxy) is 3. The average molecular weight is 624 g/mol. The fourth-order valence-electron chi connectivity index (χ4n) is 4.89. The van der Waals surface area contributed by atoms with Gasteiger partial charge in [-0.3, -0.25) is 0 Å². The van der Waals surface area contributed by atoms with Crippen LogP contribution in [-0.2, 0) is 28.6 Å². The van der Waals surface area contributed by atoms with Crippen LogP contribution in [0.5, 0.6) is 0 Å². The van der Waals surface area contributed by atoms with E-state index in [2.05, 4.69) is 33.9 Å². The zero-order valence-corrected chi connectivity index (χ0v) is 20.0. The summed E-state index contributed by atoms with van der Waals surface area (Å²) in [6, 6.07) is 0. The van der Waals surface area contributed by atoms with Crippen LogP contribution in [0.25, 0.3) is 0 Å². The van der Waals surface area contributed by atoms with Crippen molar-refractivity contribution in [3.63, 3.8) is 0 Å². The number of hydrogen-bond acceptors (Lipinski definition) is 6. The van der Waals surface area contributed by atoms with E-state index in [9.17, 15) is 18.8 Å². The second kappa shape index (κ2) is 9.64. The van der Waals surface area contributed by atoms with Crippen LogP contribution in [0.2, 0.25) is 0 Å². The number of carbonyl (C=O) groups excluding carboxylic acids is 3. The Morgan fingerprint density at radius 1 is 0.488 bits per heavy atom. The van der Waals surface area contributed by atoms with E-state index in [0.29, 0.717) is 0 Å². The molecule has 2 unspecified atom stereocenters. The predicted octanol–water partition coefficient (Wildman–Crippen LogP) is 4.74. The number of hydrogen-bond donors (Lipinski definition) is 0. The molecule has 0 aromatic carbocycles. The number of fused-ring (bicyclic) bond motifs is 2. The van der Waals surface area contributed by atoms with E-state index in [1.165, 1.54) is 0 Å². The largest absolute Gasteiger partial charge is 0.461 e. The second-order valence-corrected chi connectivity index (χ2v) is 8.85. The number of esters is 3. The molecule has 0 amide bonds. The van der Waals surface area contributed by atoms with Crippen LogP contribution < -0.4 is 0 Å². The molecule has 19 heteroatoms. The Labute approximate surface area is 220 Å². The molecule has 0 spiro atoms. The van der Waals surface area contributed by atoms with Gasteiger partial charge in [0.15, 0.2) is 0 Å². The highest BCUT2D eigenvalue weighted by Gasteiger charge is 3.11. The van der Waals surface area contributed by atoms with Crippen molar-refractivity contribution in [3.8, 4) is 0 Å². The molecule has 0 aromatic heterocycles. The molecular formula is C22H17F13O6. The third-order valence-corrected chi connectivity index (χ3v) is 7.17. The summed E-state index contributed by atoms with van der Waals surface area (Å²) >= 11 is 0. The average Bonchev–Trinajstić information content (AvgIpc) is 2.88. The summed E-state index contributed by atoms with van der Waals surface area (Å²) in [7, 11) is 0. The lowest BCUT2D eigenvalue weighted by atomic mass is 9.40. The second-order valence-electron chi connectivity index (χ2n) is 8.85.